The Balaban J connectivity index is 2.92. The Morgan fingerprint density at radius 2 is 2.33 bits per heavy atom. The summed E-state index contributed by atoms with van der Waals surface area (Å²) in [5.74, 6) is -1.90. The van der Waals surface area contributed by atoms with Gasteiger partial charge in [-0.05, 0) is 19.1 Å². The van der Waals surface area contributed by atoms with Gasteiger partial charge in [0.05, 0.1) is 23.0 Å². The predicted octanol–water partition coefficient (Wildman–Crippen LogP) is 1.62. The molecule has 1 atom stereocenters. The zero-order valence-electron chi connectivity index (χ0n) is 9.51. The minimum Gasteiger partial charge on any atom is -0.351 e. The van der Waals surface area contributed by atoms with E-state index in [1.165, 1.54) is 0 Å². The molecule has 94 valence electrons. The number of hydrogen-bond donors (Lipinski definition) is 1. The topological polar surface area (TPSA) is 96.0 Å². The summed E-state index contributed by atoms with van der Waals surface area (Å²) >= 11 is 0. The Labute approximate surface area is 102 Å². The highest BCUT2D eigenvalue weighted by atomic mass is 19.1. The van der Waals surface area contributed by atoms with Gasteiger partial charge in [-0.15, -0.1) is 0 Å². The van der Waals surface area contributed by atoms with Crippen molar-refractivity contribution >= 4 is 11.6 Å². The van der Waals surface area contributed by atoms with Crippen molar-refractivity contribution in [3.05, 3.63) is 39.7 Å². The minimum atomic E-state index is -0.828. The highest BCUT2D eigenvalue weighted by Gasteiger charge is 2.21. The maximum absolute atomic E-state index is 12.9. The molecular formula is C11H10FN3O3. The van der Waals surface area contributed by atoms with Crippen LogP contribution in [0.4, 0.5) is 10.1 Å². The van der Waals surface area contributed by atoms with E-state index in [1.807, 2.05) is 6.07 Å². The van der Waals surface area contributed by atoms with Crippen LogP contribution in [0.1, 0.15) is 17.3 Å². The van der Waals surface area contributed by atoms with Gasteiger partial charge >= 0.3 is 0 Å². The molecule has 0 bridgehead atoms. The third kappa shape index (κ3) is 3.25. The van der Waals surface area contributed by atoms with Crippen molar-refractivity contribution in [2.24, 2.45) is 5.92 Å². The molecule has 0 spiro atoms. The second-order valence-corrected chi connectivity index (χ2v) is 3.66. The lowest BCUT2D eigenvalue weighted by Gasteiger charge is -2.06. The van der Waals surface area contributed by atoms with Crippen LogP contribution in [0.2, 0.25) is 0 Å². The number of amides is 1. The number of nitriles is 1. The molecule has 1 unspecified atom stereocenters. The van der Waals surface area contributed by atoms with E-state index in [-0.39, 0.29) is 12.1 Å². The van der Waals surface area contributed by atoms with Gasteiger partial charge in [-0.3, -0.25) is 14.9 Å². The SMILES string of the molecule is CC(C#N)CNC(=O)c1ccc(F)cc1[N+](=O)[O-]. The zero-order valence-corrected chi connectivity index (χ0v) is 9.51. The standard InChI is InChI=1S/C11H10FN3O3/c1-7(5-13)6-14-11(16)9-3-2-8(12)4-10(9)15(17)18/h2-4,7H,6H2,1H3,(H,14,16). The molecule has 0 aliphatic rings. The van der Waals surface area contributed by atoms with Crippen molar-refractivity contribution in [2.75, 3.05) is 6.54 Å². The monoisotopic (exact) mass is 251 g/mol. The molecule has 0 radical (unpaired) electrons. The molecule has 7 heteroatoms. The van der Waals surface area contributed by atoms with E-state index in [1.54, 1.807) is 6.92 Å². The van der Waals surface area contributed by atoms with E-state index < -0.39 is 28.3 Å². The van der Waals surface area contributed by atoms with E-state index in [0.717, 1.165) is 12.1 Å². The van der Waals surface area contributed by atoms with Crippen molar-refractivity contribution in [2.45, 2.75) is 6.92 Å². The molecule has 0 heterocycles. The number of carbonyl (C=O) groups is 1. The van der Waals surface area contributed by atoms with Crippen LogP contribution in [-0.4, -0.2) is 17.4 Å². The van der Waals surface area contributed by atoms with E-state index >= 15 is 0 Å². The Kier molecular flexibility index (Phi) is 4.32. The third-order valence-electron chi connectivity index (χ3n) is 2.19. The Hall–Kier alpha value is -2.49. The minimum absolute atomic E-state index is 0.0733. The lowest BCUT2D eigenvalue weighted by molar-refractivity contribution is -0.385. The fourth-order valence-corrected chi connectivity index (χ4v) is 1.23. The number of nitrogens with zero attached hydrogens (tertiary/aromatic N) is 2. The Morgan fingerprint density at radius 1 is 1.67 bits per heavy atom. The maximum atomic E-state index is 12.9. The summed E-state index contributed by atoms with van der Waals surface area (Å²) in [6, 6.07) is 4.60. The lowest BCUT2D eigenvalue weighted by atomic mass is 10.1. The number of nitro groups is 1. The molecular weight excluding hydrogens is 241 g/mol. The quantitative estimate of drug-likeness (QED) is 0.649. The highest BCUT2D eigenvalue weighted by molar-refractivity contribution is 5.98. The van der Waals surface area contributed by atoms with Gasteiger partial charge in [-0.1, -0.05) is 0 Å². The molecule has 0 aromatic heterocycles. The van der Waals surface area contributed by atoms with Crippen molar-refractivity contribution in [1.82, 2.24) is 5.32 Å². The molecule has 6 nitrogen and oxygen atoms in total. The van der Waals surface area contributed by atoms with Crippen LogP contribution in [0, 0.1) is 33.2 Å². The fourth-order valence-electron chi connectivity index (χ4n) is 1.23. The van der Waals surface area contributed by atoms with Crippen molar-refractivity contribution in [3.8, 4) is 6.07 Å². The van der Waals surface area contributed by atoms with Crippen molar-refractivity contribution < 1.29 is 14.1 Å². The number of rotatable bonds is 4. The molecule has 1 rings (SSSR count). The number of carbonyl (C=O) groups excluding carboxylic acids is 1. The average Bonchev–Trinajstić information content (AvgIpc) is 2.35. The Bertz CT molecular complexity index is 525. The molecule has 18 heavy (non-hydrogen) atoms. The second-order valence-electron chi connectivity index (χ2n) is 3.66. The second kappa shape index (κ2) is 5.72. The number of hydrogen-bond acceptors (Lipinski definition) is 4. The van der Waals surface area contributed by atoms with Gasteiger partial charge in [-0.2, -0.15) is 5.26 Å². The van der Waals surface area contributed by atoms with Crippen LogP contribution in [0.25, 0.3) is 0 Å². The van der Waals surface area contributed by atoms with Crippen LogP contribution in [0.15, 0.2) is 18.2 Å². The fraction of sp³-hybridized carbons (Fsp3) is 0.273. The van der Waals surface area contributed by atoms with Gasteiger partial charge < -0.3 is 5.32 Å². The summed E-state index contributed by atoms with van der Waals surface area (Å²) in [7, 11) is 0. The largest absolute Gasteiger partial charge is 0.351 e. The maximum Gasteiger partial charge on any atom is 0.285 e. The predicted molar refractivity (Wildman–Crippen MR) is 60.2 cm³/mol. The van der Waals surface area contributed by atoms with E-state index in [2.05, 4.69) is 5.32 Å². The van der Waals surface area contributed by atoms with Crippen LogP contribution in [0.5, 0.6) is 0 Å². The summed E-state index contributed by atoms with van der Waals surface area (Å²) in [4.78, 5) is 21.5. The number of halogens is 1. The smallest absolute Gasteiger partial charge is 0.285 e. The molecule has 0 aliphatic heterocycles. The normalized spacial score (nSPS) is 11.4. The van der Waals surface area contributed by atoms with Crippen LogP contribution < -0.4 is 5.32 Å². The molecule has 0 saturated carbocycles. The summed E-state index contributed by atoms with van der Waals surface area (Å²) < 4.78 is 12.9. The molecule has 1 aromatic rings. The summed E-state index contributed by atoms with van der Waals surface area (Å²) in [6.45, 7) is 1.67. The van der Waals surface area contributed by atoms with Crippen LogP contribution >= 0.6 is 0 Å². The molecule has 1 amide bonds. The third-order valence-corrected chi connectivity index (χ3v) is 2.19. The van der Waals surface area contributed by atoms with Gasteiger partial charge in [0.1, 0.15) is 11.4 Å². The van der Waals surface area contributed by atoms with E-state index in [0.29, 0.717) is 6.07 Å². The highest BCUT2D eigenvalue weighted by Crippen LogP contribution is 2.19. The molecule has 1 aromatic carbocycles. The first-order chi connectivity index (χ1) is 8.45. The van der Waals surface area contributed by atoms with Gasteiger partial charge in [-0.25, -0.2) is 4.39 Å². The van der Waals surface area contributed by atoms with E-state index in [4.69, 9.17) is 5.26 Å². The first-order valence-corrected chi connectivity index (χ1v) is 5.07. The Morgan fingerprint density at radius 3 is 2.89 bits per heavy atom. The molecule has 0 fully saturated rings. The zero-order chi connectivity index (χ0) is 13.7. The number of nitrogens with one attached hydrogen (secondary N) is 1. The van der Waals surface area contributed by atoms with E-state index in [9.17, 15) is 19.3 Å². The van der Waals surface area contributed by atoms with Crippen molar-refractivity contribution in [3.63, 3.8) is 0 Å². The summed E-state index contributed by atoms with van der Waals surface area (Å²) in [6.07, 6.45) is 0. The first-order valence-electron chi connectivity index (χ1n) is 5.07. The van der Waals surface area contributed by atoms with Gasteiger partial charge in [0.15, 0.2) is 0 Å². The summed E-state index contributed by atoms with van der Waals surface area (Å²) in [5, 5.41) is 21.6. The summed E-state index contributed by atoms with van der Waals surface area (Å²) in [5.41, 5.74) is -0.830. The first kappa shape index (κ1) is 13.6. The molecule has 0 saturated heterocycles. The van der Waals surface area contributed by atoms with Gasteiger partial charge in [0, 0.05) is 6.54 Å². The molecule has 0 aliphatic carbocycles. The molecule has 1 N–H and O–H groups in total. The number of benzene rings is 1. The lowest BCUT2D eigenvalue weighted by Crippen LogP contribution is -2.28. The van der Waals surface area contributed by atoms with Gasteiger partial charge in [0.25, 0.3) is 11.6 Å². The van der Waals surface area contributed by atoms with Crippen LogP contribution in [-0.2, 0) is 0 Å². The van der Waals surface area contributed by atoms with Gasteiger partial charge in [0.2, 0.25) is 0 Å². The van der Waals surface area contributed by atoms with Crippen molar-refractivity contribution in [1.29, 1.82) is 5.26 Å². The van der Waals surface area contributed by atoms with Crippen LogP contribution in [0.3, 0.4) is 0 Å². The average molecular weight is 251 g/mol. The number of nitro benzene ring substituents is 1.